The Hall–Kier alpha value is -0.736. The zero-order valence-electron chi connectivity index (χ0n) is 25.6. The number of nitrogens with zero attached hydrogens (tertiary/aromatic N) is 6. The molecule has 0 bridgehead atoms. The Labute approximate surface area is 240 Å². The van der Waals surface area contributed by atoms with E-state index in [2.05, 4.69) is 14.7 Å². The van der Waals surface area contributed by atoms with Crippen LogP contribution in [0.1, 0.15) is 55.9 Å². The molecule has 209 valence electrons. The van der Waals surface area contributed by atoms with Gasteiger partial charge in [0.25, 0.3) is 0 Å². The molecule has 1 radical (unpaired) electrons. The van der Waals surface area contributed by atoms with E-state index >= 15 is 0 Å². The third-order valence-electron chi connectivity index (χ3n) is 1.92. The molecule has 0 aromatic rings. The molecule has 0 unspecified atom stereocenters. The van der Waals surface area contributed by atoms with Crippen LogP contribution in [0.5, 0.6) is 0 Å². The van der Waals surface area contributed by atoms with Crippen molar-refractivity contribution in [2.45, 2.75) is 55.9 Å². The number of rotatable bonds is 0. The molecule has 0 saturated heterocycles. The van der Waals surface area contributed by atoms with E-state index < -0.39 is 0 Å². The van der Waals surface area contributed by atoms with Gasteiger partial charge in [-0.05, 0) is 79.5 Å². The van der Waals surface area contributed by atoms with E-state index in [0.717, 1.165) is 26.6 Å². The molecule has 0 amide bonds. The van der Waals surface area contributed by atoms with E-state index in [4.69, 9.17) is 10.4 Å². The molecule has 0 aromatic heterocycles. The largest absolute Gasteiger partial charge is 0.388 e. The second kappa shape index (κ2) is 53.6. The third kappa shape index (κ3) is 334. The normalized spacial score (nSPS) is 7.85. The summed E-state index contributed by atoms with van der Waals surface area (Å²) in [5, 5.41) is 16.6. The molecule has 0 fully saturated rings. The first-order valence-electron chi connectivity index (χ1n) is 10.2. The summed E-state index contributed by atoms with van der Waals surface area (Å²) in [4.78, 5) is 11.6. The molecule has 0 atom stereocenters. The van der Waals surface area contributed by atoms with Crippen LogP contribution in [0.3, 0.4) is 0 Å². The molecule has 2 N–H and O–H groups in total. The quantitative estimate of drug-likeness (QED) is 0.198. The van der Waals surface area contributed by atoms with Crippen molar-refractivity contribution < 1.29 is 57.3 Å². The van der Waals surface area contributed by atoms with Crippen molar-refractivity contribution in [2.75, 3.05) is 84.7 Å². The maximum Gasteiger partial charge on any atom is 0.197 e. The Morgan fingerprint density at radius 3 is 0.824 bits per heavy atom. The molecule has 0 heterocycles. The van der Waals surface area contributed by atoms with Gasteiger partial charge in [0, 0.05) is 93.2 Å². The van der Waals surface area contributed by atoms with Crippen molar-refractivity contribution in [1.82, 2.24) is 9.80 Å². The van der Waals surface area contributed by atoms with E-state index in [1.807, 2.05) is 93.6 Å². The monoisotopic (exact) mass is 573 g/mol. The summed E-state index contributed by atoms with van der Waals surface area (Å²) in [6.45, 7) is 13.3. The fourth-order valence-corrected chi connectivity index (χ4v) is 0. The van der Waals surface area contributed by atoms with E-state index in [9.17, 15) is 0 Å². The van der Waals surface area contributed by atoms with Gasteiger partial charge in [-0.2, -0.15) is 0 Å². The standard InChI is InChI=1S/C4H10NO.2C4H9N.C3H8NO.2C3H9N.C2H6O.CH4.Y/c1-4(2)5(3)6;2*1-4(2)5-3;1-3-4(2)5;2*1-4(2)3;1-3-2;;/h6H,1-3H3;2*1-3H3;3,5H,1-2H3;2*1-3H3;1-2H3;1H4;/q+1;;;+1;;;;;/b;;;4-3-;;;;;. The summed E-state index contributed by atoms with van der Waals surface area (Å²) >= 11 is 0. The van der Waals surface area contributed by atoms with Crippen molar-refractivity contribution in [3.63, 3.8) is 0 Å². The molecular weight excluding hydrogens is 509 g/mol. The second-order valence-electron chi connectivity index (χ2n) is 7.74. The zero-order valence-corrected chi connectivity index (χ0v) is 28.5. The maximum absolute atomic E-state index is 8.43. The zero-order chi connectivity index (χ0) is 27.9. The van der Waals surface area contributed by atoms with Crippen LogP contribution < -0.4 is 0 Å². The molecular formula is C24H64N6O3Y+2. The van der Waals surface area contributed by atoms with Crippen LogP contribution in [0.2, 0.25) is 0 Å². The van der Waals surface area contributed by atoms with Crippen molar-refractivity contribution in [3.8, 4) is 0 Å². The van der Waals surface area contributed by atoms with Gasteiger partial charge in [0.15, 0.2) is 26.0 Å². The van der Waals surface area contributed by atoms with E-state index in [1.165, 1.54) is 0 Å². The van der Waals surface area contributed by atoms with Gasteiger partial charge in [0.05, 0.1) is 0 Å². The average Bonchev–Trinajstić information content (AvgIpc) is 2.62. The van der Waals surface area contributed by atoms with Crippen LogP contribution in [0.4, 0.5) is 0 Å². The van der Waals surface area contributed by atoms with E-state index in [0.29, 0.717) is 0 Å². The predicted molar refractivity (Wildman–Crippen MR) is 152 cm³/mol. The van der Waals surface area contributed by atoms with Gasteiger partial charge in [0.2, 0.25) is 0 Å². The van der Waals surface area contributed by atoms with Crippen molar-refractivity contribution in [1.29, 1.82) is 0 Å². The van der Waals surface area contributed by atoms with Crippen molar-refractivity contribution in [3.05, 3.63) is 0 Å². The molecule has 0 aromatic carbocycles. The Morgan fingerprint density at radius 2 is 0.824 bits per heavy atom. The van der Waals surface area contributed by atoms with Crippen LogP contribution in [0, 0.1) is 0 Å². The number of aliphatic imine (C=N–C) groups is 2. The number of hydrogen-bond acceptors (Lipinski definition) is 7. The molecule has 0 spiro atoms. The van der Waals surface area contributed by atoms with Gasteiger partial charge in [-0.25, -0.2) is 0 Å². The second-order valence-corrected chi connectivity index (χ2v) is 7.74. The number of hydrogen-bond donors (Lipinski definition) is 2. The van der Waals surface area contributed by atoms with Crippen LogP contribution in [0.15, 0.2) is 9.98 Å². The SMILES string of the molecule is C.C/C=[N+](/C)O.CC(C)=[N+](C)O.CN(C)C.CN(C)C.CN=C(C)C.CN=C(C)C.COC.[Y]. The molecule has 0 aliphatic rings. The predicted octanol–water partition coefficient (Wildman–Crippen LogP) is 4.05. The van der Waals surface area contributed by atoms with E-state index in [1.54, 1.807) is 55.5 Å². The molecule has 34 heavy (non-hydrogen) atoms. The molecule has 0 rings (SSSR count). The first-order valence-corrected chi connectivity index (χ1v) is 10.2. The van der Waals surface area contributed by atoms with Crippen LogP contribution in [-0.4, -0.2) is 138 Å². The summed E-state index contributed by atoms with van der Waals surface area (Å²) in [6.07, 6.45) is 1.56. The van der Waals surface area contributed by atoms with Gasteiger partial charge in [-0.1, -0.05) is 7.43 Å². The molecule has 0 aliphatic carbocycles. The van der Waals surface area contributed by atoms with Gasteiger partial charge >= 0.3 is 0 Å². The third-order valence-corrected chi connectivity index (χ3v) is 1.92. The van der Waals surface area contributed by atoms with Crippen LogP contribution in [0.25, 0.3) is 0 Å². The summed E-state index contributed by atoms with van der Waals surface area (Å²) in [7, 11) is 22.0. The van der Waals surface area contributed by atoms with Gasteiger partial charge in [0.1, 0.15) is 0 Å². The van der Waals surface area contributed by atoms with Gasteiger partial charge < -0.3 is 14.5 Å². The van der Waals surface area contributed by atoms with Crippen LogP contribution >= 0.6 is 0 Å². The Balaban J connectivity index is -0.0000000306. The fourth-order valence-electron chi connectivity index (χ4n) is 0. The minimum absolute atomic E-state index is 0. The Bertz CT molecular complexity index is 386. The fraction of sp³-hybridized carbons (Fsp3) is 0.833. The number of methoxy groups -OCH3 is 1. The minimum atomic E-state index is 0. The summed E-state index contributed by atoms with van der Waals surface area (Å²) < 4.78 is 6.33. The minimum Gasteiger partial charge on any atom is -0.388 e. The number of ether oxygens (including phenoxy) is 1. The van der Waals surface area contributed by atoms with E-state index in [-0.39, 0.29) is 40.1 Å². The average molecular weight is 574 g/mol. The first kappa shape index (κ1) is 58.8. The maximum atomic E-state index is 8.43. The Morgan fingerprint density at radius 1 is 0.735 bits per heavy atom. The molecule has 0 aliphatic heterocycles. The van der Waals surface area contributed by atoms with Crippen molar-refractivity contribution in [2.24, 2.45) is 9.98 Å². The molecule has 10 heteroatoms. The smallest absolute Gasteiger partial charge is 0.197 e. The molecule has 9 nitrogen and oxygen atoms in total. The molecule has 0 saturated carbocycles. The van der Waals surface area contributed by atoms with Crippen LogP contribution in [-0.2, 0) is 37.4 Å². The van der Waals surface area contributed by atoms with Gasteiger partial charge in [-0.15, -0.1) is 0 Å². The number of hydroxylamine groups is 2. The van der Waals surface area contributed by atoms with Crippen molar-refractivity contribution >= 4 is 23.3 Å². The first-order chi connectivity index (χ1) is 14.3. The summed E-state index contributed by atoms with van der Waals surface area (Å²) in [5.74, 6) is 0. The topological polar surface area (TPSA) is 86.9 Å². The Kier molecular flexibility index (Phi) is 92.7. The summed E-state index contributed by atoms with van der Waals surface area (Å²) in [6, 6.07) is 0. The van der Waals surface area contributed by atoms with Gasteiger partial charge in [-0.3, -0.25) is 20.4 Å². The summed E-state index contributed by atoms with van der Waals surface area (Å²) in [5.41, 5.74) is 3.16.